The van der Waals surface area contributed by atoms with E-state index in [1.165, 1.54) is 22.3 Å². The number of hydrogen-bond donors (Lipinski definition) is 0. The van der Waals surface area contributed by atoms with E-state index < -0.39 is 0 Å². The maximum atomic E-state index is 5.25. The van der Waals surface area contributed by atoms with Gasteiger partial charge in [-0.15, -0.1) is 10.2 Å². The lowest BCUT2D eigenvalue weighted by Crippen LogP contribution is -2.32. The minimum Gasteiger partial charge on any atom is -0.150 e. The summed E-state index contributed by atoms with van der Waals surface area (Å²) >= 11 is 0. The molecule has 1 aromatic heterocycles. The van der Waals surface area contributed by atoms with Crippen LogP contribution < -0.4 is 0 Å². The Kier molecular flexibility index (Phi) is 7.63. The second kappa shape index (κ2) is 10.2. The van der Waals surface area contributed by atoms with Crippen LogP contribution in [0.1, 0.15) is 118 Å². The number of fused-ring (bicyclic) bond motifs is 1. The Hall–Kier alpha value is -2.94. The summed E-state index contributed by atoms with van der Waals surface area (Å²) in [5.74, 6) is 0. The molecule has 0 fully saturated rings. The molecule has 0 bridgehead atoms. The van der Waals surface area contributed by atoms with Gasteiger partial charge in [-0.2, -0.15) is 4.80 Å². The first-order valence-electron chi connectivity index (χ1n) is 14.9. The highest BCUT2D eigenvalue weighted by atomic mass is 15.5. The van der Waals surface area contributed by atoms with E-state index in [1.807, 2.05) is 4.80 Å². The number of hydrogen-bond acceptors (Lipinski definition) is 2. The summed E-state index contributed by atoms with van der Waals surface area (Å²) in [6.07, 6.45) is 2.13. The van der Waals surface area contributed by atoms with E-state index in [0.717, 1.165) is 29.6 Å². The first kappa shape index (κ1) is 30.0. The summed E-state index contributed by atoms with van der Waals surface area (Å²) in [5, 5.41) is 10.4. The maximum Gasteiger partial charge on any atom is 0.117 e. The van der Waals surface area contributed by atoms with Crippen LogP contribution in [0.4, 0.5) is 0 Å². The largest absolute Gasteiger partial charge is 0.150 e. The molecule has 214 valence electrons. The third-order valence-electron chi connectivity index (χ3n) is 8.19. The van der Waals surface area contributed by atoms with Crippen LogP contribution in [-0.4, -0.2) is 15.0 Å². The van der Waals surface area contributed by atoms with Gasteiger partial charge in [0.1, 0.15) is 11.0 Å². The van der Waals surface area contributed by atoms with Crippen LogP contribution in [-0.2, 0) is 16.2 Å². The molecule has 3 nitrogen and oxygen atoms in total. The normalized spacial score (nSPS) is 13.7. The van der Waals surface area contributed by atoms with Crippen LogP contribution in [0, 0.1) is 10.8 Å². The molecule has 0 unspecified atom stereocenters. The zero-order valence-electron chi connectivity index (χ0n) is 27.1. The minimum absolute atomic E-state index is 0.0265. The number of benzene rings is 3. The molecular weight excluding hydrogens is 486 g/mol. The maximum absolute atomic E-state index is 5.25. The number of rotatable bonds is 7. The highest BCUT2D eigenvalue weighted by Crippen LogP contribution is 2.45. The summed E-state index contributed by atoms with van der Waals surface area (Å²) in [6.45, 7) is 28.1. The van der Waals surface area contributed by atoms with Crippen molar-refractivity contribution in [2.24, 2.45) is 10.8 Å². The molecule has 0 N–H and O–H groups in total. The highest BCUT2D eigenvalue weighted by Gasteiger charge is 2.37. The van der Waals surface area contributed by atoms with E-state index in [9.17, 15) is 0 Å². The average molecular weight is 538 g/mol. The molecule has 0 atom stereocenters. The molecule has 0 aliphatic heterocycles. The molecule has 1 heterocycles. The molecule has 0 aliphatic rings. The van der Waals surface area contributed by atoms with E-state index >= 15 is 0 Å². The lowest BCUT2D eigenvalue weighted by Gasteiger charge is -2.39. The molecule has 0 spiro atoms. The summed E-state index contributed by atoms with van der Waals surface area (Å²) in [7, 11) is 0. The fraction of sp³-hybridized carbons (Fsp3) is 0.514. The Labute approximate surface area is 243 Å². The zero-order valence-corrected chi connectivity index (χ0v) is 27.1. The van der Waals surface area contributed by atoms with Crippen molar-refractivity contribution >= 4 is 11.0 Å². The average Bonchev–Trinajstić information content (AvgIpc) is 3.25. The van der Waals surface area contributed by atoms with Gasteiger partial charge in [-0.3, -0.25) is 0 Å². The molecule has 0 saturated carbocycles. The topological polar surface area (TPSA) is 30.7 Å². The van der Waals surface area contributed by atoms with Gasteiger partial charge in [0.05, 0.1) is 5.69 Å². The van der Waals surface area contributed by atoms with E-state index in [-0.39, 0.29) is 27.1 Å². The Morgan fingerprint density at radius 1 is 0.550 bits per heavy atom. The summed E-state index contributed by atoms with van der Waals surface area (Å²) in [5.41, 5.74) is 8.31. The lowest BCUT2D eigenvalue weighted by atomic mass is 9.66. The molecule has 4 aromatic rings. The predicted octanol–water partition coefficient (Wildman–Crippen LogP) is 10.2. The molecular formula is C37H51N3. The van der Waals surface area contributed by atoms with E-state index in [0.29, 0.717) is 0 Å². The van der Waals surface area contributed by atoms with Crippen LogP contribution in [0.15, 0.2) is 66.7 Å². The van der Waals surface area contributed by atoms with Gasteiger partial charge < -0.3 is 0 Å². The van der Waals surface area contributed by atoms with E-state index in [1.54, 1.807) is 0 Å². The Balaban J connectivity index is 1.99. The van der Waals surface area contributed by atoms with Gasteiger partial charge in [-0.1, -0.05) is 138 Å². The Bertz CT molecular complexity index is 1470. The summed E-state index contributed by atoms with van der Waals surface area (Å²) in [4.78, 5) is 1.91. The van der Waals surface area contributed by atoms with Gasteiger partial charge in [0.2, 0.25) is 0 Å². The molecule has 3 aromatic carbocycles. The van der Waals surface area contributed by atoms with Crippen molar-refractivity contribution in [3.05, 3.63) is 89.0 Å². The summed E-state index contributed by atoms with van der Waals surface area (Å²) < 4.78 is 0. The van der Waals surface area contributed by atoms with Crippen molar-refractivity contribution in [2.45, 2.75) is 112 Å². The fourth-order valence-corrected chi connectivity index (χ4v) is 7.36. The van der Waals surface area contributed by atoms with E-state index in [4.69, 9.17) is 10.2 Å². The van der Waals surface area contributed by atoms with Crippen LogP contribution in [0.25, 0.3) is 16.7 Å². The minimum atomic E-state index is -0.253. The predicted molar refractivity (Wildman–Crippen MR) is 172 cm³/mol. The van der Waals surface area contributed by atoms with E-state index in [2.05, 4.69) is 150 Å². The molecule has 0 radical (unpaired) electrons. The van der Waals surface area contributed by atoms with Crippen LogP contribution in [0.5, 0.6) is 0 Å². The third kappa shape index (κ3) is 6.19. The van der Waals surface area contributed by atoms with Gasteiger partial charge in [0, 0.05) is 5.41 Å². The Morgan fingerprint density at radius 3 is 1.65 bits per heavy atom. The van der Waals surface area contributed by atoms with Crippen LogP contribution in [0.3, 0.4) is 0 Å². The van der Waals surface area contributed by atoms with Crippen molar-refractivity contribution in [3.63, 3.8) is 0 Å². The van der Waals surface area contributed by atoms with Crippen LogP contribution >= 0.6 is 0 Å². The van der Waals surface area contributed by atoms with Gasteiger partial charge in [0.15, 0.2) is 0 Å². The van der Waals surface area contributed by atoms with Gasteiger partial charge >= 0.3 is 0 Å². The zero-order chi connectivity index (χ0) is 29.7. The standard InChI is InChI=1S/C37H51N3/c1-33(2,3)24-35(7,8)27-20-17-23-30(31(27)37(11,12)26-18-14-13-15-19-26)40-38-29-22-16-21-28(32(29)39-40)36(9,10)25-34(4,5)6/h13-23H,24-25H2,1-12H3. The molecule has 40 heavy (non-hydrogen) atoms. The van der Waals surface area contributed by atoms with Crippen molar-refractivity contribution in [1.29, 1.82) is 0 Å². The monoisotopic (exact) mass is 537 g/mol. The van der Waals surface area contributed by atoms with Crippen molar-refractivity contribution in [2.75, 3.05) is 0 Å². The molecule has 3 heteroatoms. The van der Waals surface area contributed by atoms with Gasteiger partial charge in [-0.25, -0.2) is 0 Å². The molecule has 0 amide bonds. The number of nitrogens with zero attached hydrogens (tertiary/aromatic N) is 3. The van der Waals surface area contributed by atoms with Crippen LogP contribution in [0.2, 0.25) is 0 Å². The first-order chi connectivity index (χ1) is 18.3. The van der Waals surface area contributed by atoms with Gasteiger partial charge in [0.25, 0.3) is 0 Å². The molecule has 0 aliphatic carbocycles. The van der Waals surface area contributed by atoms with Gasteiger partial charge in [-0.05, 0) is 68.9 Å². The first-order valence-corrected chi connectivity index (χ1v) is 14.9. The quantitative estimate of drug-likeness (QED) is 0.235. The lowest BCUT2D eigenvalue weighted by molar-refractivity contribution is 0.281. The van der Waals surface area contributed by atoms with Crippen molar-refractivity contribution < 1.29 is 0 Å². The number of aromatic nitrogens is 3. The summed E-state index contributed by atoms with van der Waals surface area (Å²) in [6, 6.07) is 24.1. The SMILES string of the molecule is CC(C)(C)CC(C)(C)c1cccc(-n2nc3cccc(C(C)(C)CC(C)(C)C)c3n2)c1C(C)(C)c1ccccc1. The third-order valence-corrected chi connectivity index (χ3v) is 8.19. The second-order valence-corrected chi connectivity index (χ2v) is 16.1. The molecule has 4 rings (SSSR count). The molecule has 0 saturated heterocycles. The van der Waals surface area contributed by atoms with Crippen molar-refractivity contribution in [1.82, 2.24) is 15.0 Å². The Morgan fingerprint density at radius 2 is 1.07 bits per heavy atom. The van der Waals surface area contributed by atoms with Crippen molar-refractivity contribution in [3.8, 4) is 5.69 Å². The highest BCUT2D eigenvalue weighted by molar-refractivity contribution is 5.79. The fourth-order valence-electron chi connectivity index (χ4n) is 7.36. The second-order valence-electron chi connectivity index (χ2n) is 16.1. The smallest absolute Gasteiger partial charge is 0.117 e.